The molecule has 0 heterocycles. The van der Waals surface area contributed by atoms with Gasteiger partial charge in [0, 0.05) is 6.42 Å². The van der Waals surface area contributed by atoms with Crippen molar-refractivity contribution in [3.63, 3.8) is 0 Å². The van der Waals surface area contributed by atoms with Gasteiger partial charge in [0.1, 0.15) is 11.5 Å². The molecule has 0 amide bonds. The van der Waals surface area contributed by atoms with E-state index < -0.39 is 0 Å². The molecule has 21 heavy (non-hydrogen) atoms. The van der Waals surface area contributed by atoms with Crippen molar-refractivity contribution >= 4 is 0 Å². The Morgan fingerprint density at radius 2 is 2.05 bits per heavy atom. The highest BCUT2D eigenvalue weighted by Gasteiger charge is 2.15. The lowest BCUT2D eigenvalue weighted by Gasteiger charge is -2.09. The Balaban J connectivity index is 3.06. The maximum absolute atomic E-state index is 10.2. The van der Waals surface area contributed by atoms with Crippen molar-refractivity contribution in [1.82, 2.24) is 0 Å². The highest BCUT2D eigenvalue weighted by Crippen LogP contribution is 2.25. The van der Waals surface area contributed by atoms with Crippen molar-refractivity contribution in [3.05, 3.63) is 83.1 Å². The van der Waals surface area contributed by atoms with Gasteiger partial charge in [-0.3, -0.25) is 0 Å². The van der Waals surface area contributed by atoms with Crippen LogP contribution in [-0.2, 0) is 0 Å². The lowest BCUT2D eigenvalue weighted by Crippen LogP contribution is -1.99. The van der Waals surface area contributed by atoms with E-state index in [0.717, 1.165) is 11.1 Å². The fourth-order valence-corrected chi connectivity index (χ4v) is 1.83. The van der Waals surface area contributed by atoms with E-state index in [1.807, 2.05) is 26.0 Å². The van der Waals surface area contributed by atoms with E-state index in [2.05, 4.69) is 6.58 Å². The molecule has 3 nitrogen and oxygen atoms in total. The average Bonchev–Trinajstić information content (AvgIpc) is 2.64. The van der Waals surface area contributed by atoms with Crippen LogP contribution in [0, 0.1) is 0 Å². The summed E-state index contributed by atoms with van der Waals surface area (Å²) in [5.74, 6) is -0.521. The lowest BCUT2D eigenvalue weighted by molar-refractivity contribution is 0.317. The van der Waals surface area contributed by atoms with Gasteiger partial charge in [-0.05, 0) is 38.0 Å². The Labute approximate surface area is 125 Å². The topological polar surface area (TPSA) is 60.7 Å². The third kappa shape index (κ3) is 4.88. The highest BCUT2D eigenvalue weighted by atomic mass is 16.3. The summed E-state index contributed by atoms with van der Waals surface area (Å²) >= 11 is 0. The Bertz CT molecular complexity index is 582. The number of rotatable bonds is 5. The van der Waals surface area contributed by atoms with Gasteiger partial charge in [-0.1, -0.05) is 42.5 Å². The van der Waals surface area contributed by atoms with E-state index in [4.69, 9.17) is 0 Å². The molecule has 0 saturated heterocycles. The van der Waals surface area contributed by atoms with Gasteiger partial charge in [0.2, 0.25) is 0 Å². The normalized spacial score (nSPS) is 17.6. The summed E-state index contributed by atoms with van der Waals surface area (Å²) < 4.78 is 0. The molecule has 112 valence electrons. The van der Waals surface area contributed by atoms with E-state index in [1.54, 1.807) is 30.4 Å². The summed E-state index contributed by atoms with van der Waals surface area (Å²) in [6.07, 6.45) is 12.9. The van der Waals surface area contributed by atoms with Gasteiger partial charge in [-0.25, -0.2) is 0 Å². The smallest absolute Gasteiger partial charge is 0.164 e. The van der Waals surface area contributed by atoms with E-state index in [0.29, 0.717) is 6.42 Å². The number of aliphatic hydroxyl groups is 3. The van der Waals surface area contributed by atoms with Crippen LogP contribution in [-0.4, -0.2) is 15.3 Å². The summed E-state index contributed by atoms with van der Waals surface area (Å²) in [5, 5.41) is 30.2. The molecular weight excluding hydrogens is 264 g/mol. The van der Waals surface area contributed by atoms with E-state index >= 15 is 0 Å². The molecule has 0 saturated carbocycles. The molecule has 1 rings (SSSR count). The van der Waals surface area contributed by atoms with Gasteiger partial charge in [0.15, 0.2) is 5.76 Å². The first-order valence-electron chi connectivity index (χ1n) is 6.82. The van der Waals surface area contributed by atoms with Crippen LogP contribution >= 0.6 is 0 Å². The molecule has 0 unspecified atom stereocenters. The van der Waals surface area contributed by atoms with Crippen LogP contribution in [0.2, 0.25) is 0 Å². The summed E-state index contributed by atoms with van der Waals surface area (Å²) in [5.41, 5.74) is 2.13. The second-order valence-corrected chi connectivity index (χ2v) is 4.82. The van der Waals surface area contributed by atoms with Crippen molar-refractivity contribution < 1.29 is 15.3 Å². The maximum atomic E-state index is 10.2. The fourth-order valence-electron chi connectivity index (χ4n) is 1.83. The van der Waals surface area contributed by atoms with Crippen LogP contribution in [0.3, 0.4) is 0 Å². The Morgan fingerprint density at radius 3 is 2.67 bits per heavy atom. The van der Waals surface area contributed by atoms with Gasteiger partial charge >= 0.3 is 0 Å². The summed E-state index contributed by atoms with van der Waals surface area (Å²) in [6.45, 7) is 7.37. The standard InChI is InChI=1S/C18H22O3/c1-4-6-7-14(5-2)12-17(20)18(21)15-10-8-13(3)9-11-16(15)19/h4-8,10-11,19-21H,1,9,12H2,2-3H3/b7-6-,14-5+,18-17-. The van der Waals surface area contributed by atoms with E-state index in [9.17, 15) is 15.3 Å². The van der Waals surface area contributed by atoms with Gasteiger partial charge in [-0.2, -0.15) is 0 Å². The highest BCUT2D eigenvalue weighted by molar-refractivity contribution is 5.46. The van der Waals surface area contributed by atoms with E-state index in [1.165, 1.54) is 0 Å². The molecule has 0 aromatic rings. The number of aliphatic hydroxyl groups excluding tert-OH is 3. The zero-order valence-corrected chi connectivity index (χ0v) is 12.5. The monoisotopic (exact) mass is 286 g/mol. The zero-order chi connectivity index (χ0) is 15.8. The minimum Gasteiger partial charge on any atom is -0.508 e. The van der Waals surface area contributed by atoms with Crippen LogP contribution in [0.4, 0.5) is 0 Å². The fraction of sp³-hybridized carbons (Fsp3) is 0.222. The second kappa shape index (κ2) is 8.00. The van der Waals surface area contributed by atoms with Gasteiger partial charge < -0.3 is 15.3 Å². The van der Waals surface area contributed by atoms with Crippen LogP contribution in [0.1, 0.15) is 26.7 Å². The molecule has 0 atom stereocenters. The van der Waals surface area contributed by atoms with Crippen LogP contribution in [0.25, 0.3) is 0 Å². The van der Waals surface area contributed by atoms with Crippen molar-refractivity contribution in [2.75, 3.05) is 0 Å². The van der Waals surface area contributed by atoms with Gasteiger partial charge in [-0.15, -0.1) is 0 Å². The largest absolute Gasteiger partial charge is 0.508 e. The van der Waals surface area contributed by atoms with Crippen molar-refractivity contribution in [2.45, 2.75) is 26.7 Å². The number of hydrogen-bond acceptors (Lipinski definition) is 3. The molecular formula is C18H22O3. The molecule has 0 aromatic heterocycles. The SMILES string of the molecule is C=C/C=C\C(=C/C)C/C(O)=C(/O)C1=CC=C(C)CC=C1O. The molecule has 0 aliphatic heterocycles. The molecule has 0 fully saturated rings. The molecule has 1 aliphatic carbocycles. The van der Waals surface area contributed by atoms with Crippen molar-refractivity contribution in [2.24, 2.45) is 0 Å². The molecule has 0 aromatic carbocycles. The van der Waals surface area contributed by atoms with Gasteiger partial charge in [0.25, 0.3) is 0 Å². The van der Waals surface area contributed by atoms with Gasteiger partial charge in [0.05, 0.1) is 5.57 Å². The molecule has 0 bridgehead atoms. The zero-order valence-electron chi connectivity index (χ0n) is 12.5. The Morgan fingerprint density at radius 1 is 1.33 bits per heavy atom. The predicted octanol–water partition coefficient (Wildman–Crippen LogP) is 5.11. The molecule has 0 radical (unpaired) electrons. The Hall–Kier alpha value is -2.42. The van der Waals surface area contributed by atoms with Crippen LogP contribution < -0.4 is 0 Å². The second-order valence-electron chi connectivity index (χ2n) is 4.82. The summed E-state index contributed by atoms with van der Waals surface area (Å²) in [7, 11) is 0. The molecule has 1 aliphatic rings. The summed E-state index contributed by atoms with van der Waals surface area (Å²) in [4.78, 5) is 0. The summed E-state index contributed by atoms with van der Waals surface area (Å²) in [6, 6.07) is 0. The number of hydrogen-bond donors (Lipinski definition) is 3. The maximum Gasteiger partial charge on any atom is 0.164 e. The molecule has 3 N–H and O–H groups in total. The predicted molar refractivity (Wildman–Crippen MR) is 87.2 cm³/mol. The first kappa shape index (κ1) is 16.6. The molecule has 3 heteroatoms. The van der Waals surface area contributed by atoms with Crippen LogP contribution in [0.15, 0.2) is 83.1 Å². The third-order valence-corrected chi connectivity index (χ3v) is 3.15. The van der Waals surface area contributed by atoms with Crippen molar-refractivity contribution in [1.29, 1.82) is 0 Å². The van der Waals surface area contributed by atoms with Crippen molar-refractivity contribution in [3.8, 4) is 0 Å². The first-order valence-corrected chi connectivity index (χ1v) is 6.82. The Kier molecular flexibility index (Phi) is 6.34. The van der Waals surface area contributed by atoms with Crippen LogP contribution in [0.5, 0.6) is 0 Å². The quantitative estimate of drug-likeness (QED) is 0.486. The minimum atomic E-state index is -0.305. The van der Waals surface area contributed by atoms with E-state index in [-0.39, 0.29) is 29.3 Å². The number of allylic oxidation sites excluding steroid dienone is 9. The average molecular weight is 286 g/mol. The lowest BCUT2D eigenvalue weighted by atomic mass is 10.1. The minimum absolute atomic E-state index is 0.0317. The first-order chi connectivity index (χ1) is 9.99. The third-order valence-electron chi connectivity index (χ3n) is 3.15. The molecule has 0 spiro atoms.